The quantitative estimate of drug-likeness (QED) is 0.812. The average Bonchev–Trinajstić information content (AvgIpc) is 2.79. The van der Waals surface area contributed by atoms with E-state index in [9.17, 15) is 9.59 Å². The van der Waals surface area contributed by atoms with Crippen LogP contribution in [0.2, 0.25) is 0 Å². The molecule has 2 amide bonds. The van der Waals surface area contributed by atoms with E-state index >= 15 is 0 Å². The number of hydrogen-bond acceptors (Lipinski definition) is 5. The van der Waals surface area contributed by atoms with Crippen LogP contribution in [0.3, 0.4) is 0 Å². The first-order valence-electron chi connectivity index (χ1n) is 9.75. The van der Waals surface area contributed by atoms with Crippen molar-refractivity contribution in [2.45, 2.75) is 12.8 Å². The average molecular weight is 380 g/mol. The molecule has 3 heterocycles. The molecule has 1 aromatic heterocycles. The fourth-order valence-electron chi connectivity index (χ4n) is 3.83. The van der Waals surface area contributed by atoms with E-state index in [0.29, 0.717) is 50.8 Å². The van der Waals surface area contributed by atoms with Crippen molar-refractivity contribution in [3.8, 4) is 11.4 Å². The molecule has 0 spiro atoms. The number of carbonyl (C=O) groups excluding carboxylic acids is 2. The minimum absolute atomic E-state index is 0.0442. The number of carbonyl (C=O) groups is 2. The molecule has 146 valence electrons. The maximum absolute atomic E-state index is 13.1. The lowest BCUT2D eigenvalue weighted by Gasteiger charge is -2.36. The van der Waals surface area contributed by atoms with E-state index in [0.717, 1.165) is 18.4 Å². The Balaban J connectivity index is 1.46. The summed E-state index contributed by atoms with van der Waals surface area (Å²) in [5.41, 5.74) is 1.41. The molecule has 1 atom stereocenters. The standard InChI is InChI=1S/C21H24N4O3/c26-20(17-5-1-4-16(14-17)19-22-7-3-8-23-19)25-9-2-6-18(15-25)21(27)24-10-12-28-13-11-24/h1,3-5,7-8,14,18H,2,6,9-13,15H2. The van der Waals surface area contributed by atoms with E-state index in [1.165, 1.54) is 0 Å². The number of amides is 2. The molecule has 28 heavy (non-hydrogen) atoms. The van der Waals surface area contributed by atoms with Crippen LogP contribution in [0, 0.1) is 5.92 Å². The van der Waals surface area contributed by atoms with E-state index in [2.05, 4.69) is 9.97 Å². The van der Waals surface area contributed by atoms with Gasteiger partial charge in [0.2, 0.25) is 5.91 Å². The minimum atomic E-state index is -0.128. The van der Waals surface area contributed by atoms with Gasteiger partial charge in [0.05, 0.1) is 19.1 Å². The molecule has 0 radical (unpaired) electrons. The highest BCUT2D eigenvalue weighted by atomic mass is 16.5. The molecule has 2 aliphatic rings. The van der Waals surface area contributed by atoms with Crippen LogP contribution in [0.5, 0.6) is 0 Å². The summed E-state index contributed by atoms with van der Waals surface area (Å²) in [6.45, 7) is 3.62. The van der Waals surface area contributed by atoms with Crippen LogP contribution in [0.4, 0.5) is 0 Å². The molecule has 0 aliphatic carbocycles. The van der Waals surface area contributed by atoms with Gasteiger partial charge < -0.3 is 14.5 Å². The van der Waals surface area contributed by atoms with Gasteiger partial charge in [-0.05, 0) is 31.0 Å². The van der Waals surface area contributed by atoms with Crippen LogP contribution in [-0.2, 0) is 9.53 Å². The summed E-state index contributed by atoms with van der Waals surface area (Å²) in [6.07, 6.45) is 5.04. The van der Waals surface area contributed by atoms with Gasteiger partial charge in [-0.15, -0.1) is 0 Å². The first kappa shape index (κ1) is 18.6. The van der Waals surface area contributed by atoms with Crippen molar-refractivity contribution in [1.29, 1.82) is 0 Å². The lowest BCUT2D eigenvalue weighted by molar-refractivity contribution is -0.141. The molecular weight excluding hydrogens is 356 g/mol. The van der Waals surface area contributed by atoms with Crippen molar-refractivity contribution in [3.05, 3.63) is 48.3 Å². The summed E-state index contributed by atoms with van der Waals surface area (Å²) < 4.78 is 5.33. The van der Waals surface area contributed by atoms with Gasteiger partial charge in [-0.1, -0.05) is 12.1 Å². The summed E-state index contributed by atoms with van der Waals surface area (Å²) in [7, 11) is 0. The van der Waals surface area contributed by atoms with E-state index in [1.807, 2.05) is 29.2 Å². The predicted molar refractivity (Wildman–Crippen MR) is 103 cm³/mol. The highest BCUT2D eigenvalue weighted by molar-refractivity contribution is 5.95. The predicted octanol–water partition coefficient (Wildman–Crippen LogP) is 1.85. The Morgan fingerprint density at radius 3 is 2.57 bits per heavy atom. The van der Waals surface area contributed by atoms with Gasteiger partial charge in [0, 0.05) is 49.7 Å². The molecule has 2 aromatic rings. The van der Waals surface area contributed by atoms with Gasteiger partial charge in [0.1, 0.15) is 0 Å². The third-order valence-electron chi connectivity index (χ3n) is 5.31. The van der Waals surface area contributed by atoms with Crippen LogP contribution < -0.4 is 0 Å². The van der Waals surface area contributed by atoms with Crippen LogP contribution in [-0.4, -0.2) is 71.0 Å². The summed E-state index contributed by atoms with van der Waals surface area (Å²) in [5, 5.41) is 0. The third kappa shape index (κ3) is 4.04. The lowest BCUT2D eigenvalue weighted by atomic mass is 9.95. The fourth-order valence-corrected chi connectivity index (χ4v) is 3.83. The first-order chi connectivity index (χ1) is 13.7. The zero-order valence-electron chi connectivity index (χ0n) is 15.8. The SMILES string of the molecule is O=C(c1cccc(-c2ncccn2)c1)N1CCCC(C(=O)N2CCOCC2)C1. The highest BCUT2D eigenvalue weighted by Crippen LogP contribution is 2.23. The maximum atomic E-state index is 13.1. The number of rotatable bonds is 3. The second-order valence-electron chi connectivity index (χ2n) is 7.18. The van der Waals surface area contributed by atoms with Crippen molar-refractivity contribution in [3.63, 3.8) is 0 Å². The molecule has 0 N–H and O–H groups in total. The number of morpholine rings is 1. The number of benzene rings is 1. The molecule has 7 heteroatoms. The molecule has 2 fully saturated rings. The maximum Gasteiger partial charge on any atom is 0.253 e. The van der Waals surface area contributed by atoms with Crippen molar-refractivity contribution in [2.75, 3.05) is 39.4 Å². The summed E-state index contributed by atoms with van der Waals surface area (Å²) in [6, 6.07) is 9.14. The van der Waals surface area contributed by atoms with Gasteiger partial charge in [-0.2, -0.15) is 0 Å². The lowest BCUT2D eigenvalue weighted by Crippen LogP contribution is -2.49. The third-order valence-corrected chi connectivity index (χ3v) is 5.31. The van der Waals surface area contributed by atoms with Gasteiger partial charge in [0.25, 0.3) is 5.91 Å². The number of piperidine rings is 1. The Hall–Kier alpha value is -2.80. The summed E-state index contributed by atoms with van der Waals surface area (Å²) in [5.74, 6) is 0.567. The van der Waals surface area contributed by atoms with Crippen LogP contribution in [0.15, 0.2) is 42.7 Å². The van der Waals surface area contributed by atoms with Crippen LogP contribution >= 0.6 is 0 Å². The van der Waals surface area contributed by atoms with Crippen LogP contribution in [0.25, 0.3) is 11.4 Å². The Morgan fingerprint density at radius 1 is 1.00 bits per heavy atom. The van der Waals surface area contributed by atoms with Crippen molar-refractivity contribution in [1.82, 2.24) is 19.8 Å². The normalized spacial score (nSPS) is 20.1. The molecular formula is C21H24N4O3. The van der Waals surface area contributed by atoms with Crippen LogP contribution in [0.1, 0.15) is 23.2 Å². The van der Waals surface area contributed by atoms with Gasteiger partial charge >= 0.3 is 0 Å². The Kier molecular flexibility index (Phi) is 5.62. The molecule has 2 saturated heterocycles. The number of ether oxygens (including phenoxy) is 1. The zero-order chi connectivity index (χ0) is 19.3. The number of likely N-dealkylation sites (tertiary alicyclic amines) is 1. The second-order valence-corrected chi connectivity index (χ2v) is 7.18. The van der Waals surface area contributed by atoms with Gasteiger partial charge in [0.15, 0.2) is 5.82 Å². The van der Waals surface area contributed by atoms with Gasteiger partial charge in [-0.25, -0.2) is 9.97 Å². The van der Waals surface area contributed by atoms with E-state index < -0.39 is 0 Å². The second kappa shape index (κ2) is 8.48. The number of aromatic nitrogens is 2. The molecule has 1 unspecified atom stereocenters. The Labute approximate surface area is 164 Å². The summed E-state index contributed by atoms with van der Waals surface area (Å²) >= 11 is 0. The molecule has 0 bridgehead atoms. The molecule has 0 saturated carbocycles. The first-order valence-corrected chi connectivity index (χ1v) is 9.75. The number of nitrogens with zero attached hydrogens (tertiary/aromatic N) is 4. The van der Waals surface area contributed by atoms with Gasteiger partial charge in [-0.3, -0.25) is 9.59 Å². The Bertz CT molecular complexity index is 837. The molecule has 1 aromatic carbocycles. The Morgan fingerprint density at radius 2 is 1.79 bits per heavy atom. The zero-order valence-corrected chi connectivity index (χ0v) is 15.8. The number of hydrogen-bond donors (Lipinski definition) is 0. The summed E-state index contributed by atoms with van der Waals surface area (Å²) in [4.78, 5) is 38.1. The minimum Gasteiger partial charge on any atom is -0.378 e. The topological polar surface area (TPSA) is 75.6 Å². The molecule has 2 aliphatic heterocycles. The van der Waals surface area contributed by atoms with E-state index in [-0.39, 0.29) is 17.7 Å². The van der Waals surface area contributed by atoms with Crippen molar-refractivity contribution < 1.29 is 14.3 Å². The largest absolute Gasteiger partial charge is 0.378 e. The smallest absolute Gasteiger partial charge is 0.253 e. The fraction of sp³-hybridized carbons (Fsp3) is 0.429. The van der Waals surface area contributed by atoms with Crippen molar-refractivity contribution >= 4 is 11.8 Å². The molecule has 4 rings (SSSR count). The van der Waals surface area contributed by atoms with E-state index in [1.54, 1.807) is 23.4 Å². The van der Waals surface area contributed by atoms with E-state index in [4.69, 9.17) is 4.74 Å². The molecule has 7 nitrogen and oxygen atoms in total. The monoisotopic (exact) mass is 380 g/mol. The highest BCUT2D eigenvalue weighted by Gasteiger charge is 2.32. The van der Waals surface area contributed by atoms with Crippen molar-refractivity contribution in [2.24, 2.45) is 5.92 Å².